The molecule has 8 nitrogen and oxygen atoms in total. The highest BCUT2D eigenvalue weighted by atomic mass is 16.5. The molecule has 0 bridgehead atoms. The third-order valence-electron chi connectivity index (χ3n) is 3.59. The second kappa shape index (κ2) is 8.00. The number of aromatic nitrogens is 5. The van der Waals surface area contributed by atoms with E-state index >= 15 is 0 Å². The minimum Gasteiger partial charge on any atom is -0.494 e. The Hall–Kier alpha value is -3.29. The van der Waals surface area contributed by atoms with Crippen molar-refractivity contribution < 1.29 is 9.53 Å². The summed E-state index contributed by atoms with van der Waals surface area (Å²) in [7, 11) is 0. The maximum Gasteiger partial charge on any atom is 0.235 e. The fourth-order valence-electron chi connectivity index (χ4n) is 2.40. The van der Waals surface area contributed by atoms with E-state index in [9.17, 15) is 4.79 Å². The minimum atomic E-state index is -0.575. The molecule has 0 fully saturated rings. The summed E-state index contributed by atoms with van der Waals surface area (Å²) < 4.78 is 5.40. The van der Waals surface area contributed by atoms with E-state index in [4.69, 9.17) is 4.74 Å². The number of carbonyl (C=O) groups is 1. The summed E-state index contributed by atoms with van der Waals surface area (Å²) in [6.45, 7) is 2.51. The number of H-pyrrole nitrogens is 1. The predicted molar refractivity (Wildman–Crippen MR) is 91.1 cm³/mol. The van der Waals surface area contributed by atoms with Crippen LogP contribution in [0.4, 0.5) is 5.69 Å². The summed E-state index contributed by atoms with van der Waals surface area (Å²) in [5.74, 6) is 0.307. The molecule has 0 aliphatic heterocycles. The molecule has 3 aromatic rings. The molecule has 128 valence electrons. The van der Waals surface area contributed by atoms with Crippen molar-refractivity contribution >= 4 is 11.6 Å². The van der Waals surface area contributed by atoms with Crippen LogP contribution in [-0.4, -0.2) is 38.1 Å². The number of amides is 1. The van der Waals surface area contributed by atoms with E-state index in [0.717, 1.165) is 11.3 Å². The smallest absolute Gasteiger partial charge is 0.235 e. The number of rotatable bonds is 7. The number of aromatic amines is 1. The van der Waals surface area contributed by atoms with Gasteiger partial charge in [0.05, 0.1) is 6.61 Å². The van der Waals surface area contributed by atoms with Crippen molar-refractivity contribution in [1.29, 1.82) is 0 Å². The van der Waals surface area contributed by atoms with Gasteiger partial charge in [-0.3, -0.25) is 9.78 Å². The number of anilines is 1. The number of pyridine rings is 1. The first-order valence-corrected chi connectivity index (χ1v) is 7.92. The molecule has 1 atom stereocenters. The van der Waals surface area contributed by atoms with E-state index in [1.165, 1.54) is 0 Å². The van der Waals surface area contributed by atoms with Crippen LogP contribution < -0.4 is 10.1 Å². The predicted octanol–water partition coefficient (Wildman–Crippen LogP) is 1.96. The van der Waals surface area contributed by atoms with Crippen LogP contribution in [0, 0.1) is 0 Å². The zero-order valence-corrected chi connectivity index (χ0v) is 13.7. The normalized spacial score (nSPS) is 11.7. The molecular weight excluding hydrogens is 320 g/mol. The molecule has 25 heavy (non-hydrogen) atoms. The summed E-state index contributed by atoms with van der Waals surface area (Å²) in [5.41, 5.74) is 1.59. The van der Waals surface area contributed by atoms with Crippen molar-refractivity contribution in [2.24, 2.45) is 0 Å². The molecule has 1 amide bonds. The topological polar surface area (TPSA) is 106 Å². The first-order valence-electron chi connectivity index (χ1n) is 7.92. The number of carbonyl (C=O) groups excluding carboxylic acids is 1. The van der Waals surface area contributed by atoms with Crippen LogP contribution >= 0.6 is 0 Å². The first-order chi connectivity index (χ1) is 12.3. The Labute approximate surface area is 144 Å². The van der Waals surface area contributed by atoms with E-state index in [-0.39, 0.29) is 5.91 Å². The molecule has 0 saturated carbocycles. The van der Waals surface area contributed by atoms with Crippen LogP contribution in [0.3, 0.4) is 0 Å². The van der Waals surface area contributed by atoms with Gasteiger partial charge in [0, 0.05) is 18.1 Å². The second-order valence-corrected chi connectivity index (χ2v) is 5.33. The van der Waals surface area contributed by atoms with Crippen LogP contribution in [0.5, 0.6) is 5.75 Å². The van der Waals surface area contributed by atoms with Gasteiger partial charge in [-0.15, -0.1) is 10.2 Å². The summed E-state index contributed by atoms with van der Waals surface area (Å²) in [4.78, 5) is 16.8. The average molecular weight is 338 g/mol. The second-order valence-electron chi connectivity index (χ2n) is 5.33. The Morgan fingerprint density at radius 2 is 2.12 bits per heavy atom. The van der Waals surface area contributed by atoms with Gasteiger partial charge in [0.15, 0.2) is 5.82 Å². The molecule has 2 heterocycles. The van der Waals surface area contributed by atoms with Crippen molar-refractivity contribution in [2.75, 3.05) is 11.9 Å². The number of nitrogens with one attached hydrogen (secondary N) is 2. The highest BCUT2D eigenvalue weighted by molar-refractivity contribution is 5.95. The van der Waals surface area contributed by atoms with Crippen molar-refractivity contribution in [2.45, 2.75) is 19.3 Å². The number of benzene rings is 1. The van der Waals surface area contributed by atoms with E-state index in [1.54, 1.807) is 24.5 Å². The minimum absolute atomic E-state index is 0.214. The average Bonchev–Trinajstić information content (AvgIpc) is 3.17. The number of hydrogen-bond acceptors (Lipinski definition) is 6. The van der Waals surface area contributed by atoms with E-state index in [2.05, 4.69) is 30.9 Å². The molecule has 1 unspecified atom stereocenters. The molecule has 0 spiro atoms. The van der Waals surface area contributed by atoms with E-state index in [1.807, 2.05) is 31.2 Å². The van der Waals surface area contributed by atoms with Gasteiger partial charge < -0.3 is 10.1 Å². The number of tetrazole rings is 1. The van der Waals surface area contributed by atoms with E-state index < -0.39 is 5.92 Å². The molecular formula is C17H18N6O2. The third kappa shape index (κ3) is 4.37. The lowest BCUT2D eigenvalue weighted by molar-refractivity contribution is -0.117. The lowest BCUT2D eigenvalue weighted by Gasteiger charge is -2.14. The maximum atomic E-state index is 12.7. The van der Waals surface area contributed by atoms with Crippen molar-refractivity contribution in [3.63, 3.8) is 0 Å². The van der Waals surface area contributed by atoms with Gasteiger partial charge in [-0.05, 0) is 49.2 Å². The number of nitrogens with zero attached hydrogens (tertiary/aromatic N) is 4. The monoisotopic (exact) mass is 338 g/mol. The largest absolute Gasteiger partial charge is 0.494 e. The summed E-state index contributed by atoms with van der Waals surface area (Å²) >= 11 is 0. The summed E-state index contributed by atoms with van der Waals surface area (Å²) in [6.07, 6.45) is 3.83. The van der Waals surface area contributed by atoms with Crippen LogP contribution in [0.25, 0.3) is 0 Å². The molecule has 2 aromatic heterocycles. The van der Waals surface area contributed by atoms with Crippen LogP contribution in [0.2, 0.25) is 0 Å². The fourth-order valence-corrected chi connectivity index (χ4v) is 2.40. The first kappa shape index (κ1) is 16.6. The Balaban J connectivity index is 1.75. The zero-order valence-electron chi connectivity index (χ0n) is 13.7. The Bertz CT molecular complexity index is 790. The summed E-state index contributed by atoms with van der Waals surface area (Å²) in [6, 6.07) is 10.9. The van der Waals surface area contributed by atoms with Crippen LogP contribution in [0.15, 0.2) is 48.8 Å². The van der Waals surface area contributed by atoms with Gasteiger partial charge in [0.25, 0.3) is 0 Å². The molecule has 3 rings (SSSR count). The Morgan fingerprint density at radius 1 is 1.28 bits per heavy atom. The van der Waals surface area contributed by atoms with Crippen LogP contribution in [-0.2, 0) is 11.2 Å². The third-order valence-corrected chi connectivity index (χ3v) is 3.59. The highest BCUT2D eigenvalue weighted by Crippen LogP contribution is 2.21. The maximum absolute atomic E-state index is 12.7. The summed E-state index contributed by atoms with van der Waals surface area (Å²) in [5, 5.41) is 16.8. The van der Waals surface area contributed by atoms with Gasteiger partial charge in [-0.25, -0.2) is 0 Å². The SMILES string of the molecule is CCOc1ccc(NC(=O)C(Cc2cccnc2)c2nn[nH]n2)cc1. The molecule has 0 radical (unpaired) electrons. The molecule has 1 aromatic carbocycles. The molecule has 0 aliphatic rings. The van der Waals surface area contributed by atoms with Crippen LogP contribution in [0.1, 0.15) is 24.2 Å². The standard InChI is InChI=1S/C17H18N6O2/c1-2-25-14-7-5-13(6-8-14)19-17(24)15(16-20-22-23-21-16)10-12-4-3-9-18-11-12/h3-9,11,15H,2,10H2,1H3,(H,19,24)(H,20,21,22,23). The van der Waals surface area contributed by atoms with Gasteiger partial charge in [-0.1, -0.05) is 11.3 Å². The Kier molecular flexibility index (Phi) is 5.30. The van der Waals surface area contributed by atoms with Crippen molar-refractivity contribution in [3.05, 3.63) is 60.2 Å². The van der Waals surface area contributed by atoms with Gasteiger partial charge >= 0.3 is 0 Å². The van der Waals surface area contributed by atoms with E-state index in [0.29, 0.717) is 24.5 Å². The zero-order chi connectivity index (χ0) is 17.5. The number of hydrogen-bond donors (Lipinski definition) is 2. The molecule has 2 N–H and O–H groups in total. The highest BCUT2D eigenvalue weighted by Gasteiger charge is 2.25. The molecule has 0 saturated heterocycles. The lowest BCUT2D eigenvalue weighted by Crippen LogP contribution is -2.24. The number of ether oxygens (including phenoxy) is 1. The van der Waals surface area contributed by atoms with Gasteiger partial charge in [0.1, 0.15) is 11.7 Å². The Morgan fingerprint density at radius 3 is 2.76 bits per heavy atom. The van der Waals surface area contributed by atoms with Gasteiger partial charge in [0.2, 0.25) is 5.91 Å². The molecule has 8 heteroatoms. The van der Waals surface area contributed by atoms with Gasteiger partial charge in [-0.2, -0.15) is 5.21 Å². The quantitative estimate of drug-likeness (QED) is 0.682. The molecule has 0 aliphatic carbocycles. The van der Waals surface area contributed by atoms with Crippen molar-refractivity contribution in [3.8, 4) is 5.75 Å². The van der Waals surface area contributed by atoms with Crippen molar-refractivity contribution in [1.82, 2.24) is 25.6 Å². The lowest BCUT2D eigenvalue weighted by atomic mass is 9.98. The fraction of sp³-hybridized carbons (Fsp3) is 0.235.